The maximum Gasteiger partial charge on any atom is 0.419 e. The predicted molar refractivity (Wildman–Crippen MR) is 68.7 cm³/mol. The van der Waals surface area contributed by atoms with Gasteiger partial charge < -0.3 is 14.8 Å². The van der Waals surface area contributed by atoms with Crippen LogP contribution in [-0.4, -0.2) is 26.4 Å². The van der Waals surface area contributed by atoms with Gasteiger partial charge in [-0.15, -0.1) is 0 Å². The van der Waals surface area contributed by atoms with Gasteiger partial charge in [-0.25, -0.2) is 0 Å². The Bertz CT molecular complexity index is 443. The molecule has 1 heterocycles. The van der Waals surface area contributed by atoms with Gasteiger partial charge in [0, 0.05) is 13.2 Å². The first-order chi connectivity index (χ1) is 9.50. The number of halogens is 3. The van der Waals surface area contributed by atoms with Gasteiger partial charge in [0.25, 0.3) is 0 Å². The van der Waals surface area contributed by atoms with E-state index < -0.39 is 11.7 Å². The zero-order valence-corrected chi connectivity index (χ0v) is 11.3. The Morgan fingerprint density at radius 3 is 2.80 bits per heavy atom. The van der Waals surface area contributed by atoms with Gasteiger partial charge in [0.1, 0.15) is 12.4 Å². The van der Waals surface area contributed by atoms with Crippen molar-refractivity contribution < 1.29 is 22.6 Å². The SMILES string of the molecule is CNCc1ccc(OCC2CCCO2)c(C(F)(F)F)c1. The van der Waals surface area contributed by atoms with Crippen molar-refractivity contribution in [3.63, 3.8) is 0 Å². The van der Waals surface area contributed by atoms with Crippen LogP contribution in [0.1, 0.15) is 24.0 Å². The molecule has 0 radical (unpaired) electrons. The van der Waals surface area contributed by atoms with Gasteiger partial charge in [-0.05, 0) is 37.6 Å². The van der Waals surface area contributed by atoms with E-state index in [2.05, 4.69) is 5.32 Å². The number of hydrogen-bond acceptors (Lipinski definition) is 3. The normalized spacial score (nSPS) is 19.3. The van der Waals surface area contributed by atoms with Gasteiger partial charge in [0.15, 0.2) is 0 Å². The summed E-state index contributed by atoms with van der Waals surface area (Å²) in [6, 6.07) is 4.14. The van der Waals surface area contributed by atoms with E-state index in [1.165, 1.54) is 6.07 Å². The second-order valence-corrected chi connectivity index (χ2v) is 4.80. The van der Waals surface area contributed by atoms with Gasteiger partial charge in [-0.1, -0.05) is 6.07 Å². The van der Waals surface area contributed by atoms with Crippen LogP contribution in [0, 0.1) is 0 Å². The molecule has 1 aliphatic rings. The molecule has 1 aromatic carbocycles. The van der Waals surface area contributed by atoms with Crippen molar-refractivity contribution >= 4 is 0 Å². The first-order valence-corrected chi connectivity index (χ1v) is 6.60. The van der Waals surface area contributed by atoms with Crippen LogP contribution in [0.5, 0.6) is 5.75 Å². The molecule has 1 N–H and O–H groups in total. The van der Waals surface area contributed by atoms with Crippen LogP contribution >= 0.6 is 0 Å². The summed E-state index contributed by atoms with van der Waals surface area (Å²) in [7, 11) is 1.69. The molecular formula is C14H18F3NO2. The first kappa shape index (κ1) is 15.1. The number of benzene rings is 1. The summed E-state index contributed by atoms with van der Waals surface area (Å²) in [6.07, 6.45) is -2.76. The zero-order chi connectivity index (χ0) is 14.6. The minimum Gasteiger partial charge on any atom is -0.490 e. The van der Waals surface area contributed by atoms with Gasteiger partial charge in [0.05, 0.1) is 11.7 Å². The average molecular weight is 289 g/mol. The zero-order valence-electron chi connectivity index (χ0n) is 11.3. The van der Waals surface area contributed by atoms with Crippen molar-refractivity contribution in [1.29, 1.82) is 0 Å². The third-order valence-corrected chi connectivity index (χ3v) is 3.18. The topological polar surface area (TPSA) is 30.5 Å². The Hall–Kier alpha value is -1.27. The van der Waals surface area contributed by atoms with Crippen molar-refractivity contribution in [2.45, 2.75) is 31.7 Å². The van der Waals surface area contributed by atoms with Crippen LogP contribution in [0.3, 0.4) is 0 Å². The minimum atomic E-state index is -4.42. The summed E-state index contributed by atoms with van der Waals surface area (Å²) in [5, 5.41) is 2.83. The molecule has 0 aromatic heterocycles. The molecule has 1 atom stereocenters. The fraction of sp³-hybridized carbons (Fsp3) is 0.571. The highest BCUT2D eigenvalue weighted by Crippen LogP contribution is 2.37. The number of hydrogen-bond donors (Lipinski definition) is 1. The Morgan fingerprint density at radius 1 is 1.40 bits per heavy atom. The summed E-state index contributed by atoms with van der Waals surface area (Å²) in [5.41, 5.74) is -0.160. The molecule has 0 bridgehead atoms. The number of alkyl halides is 3. The van der Waals surface area contributed by atoms with E-state index in [0.29, 0.717) is 18.7 Å². The van der Waals surface area contributed by atoms with Crippen LogP contribution in [0.4, 0.5) is 13.2 Å². The standard InChI is InChI=1S/C14H18F3NO2/c1-18-8-10-4-5-13(12(7-10)14(15,16)17)20-9-11-3-2-6-19-11/h4-5,7,11,18H,2-3,6,8-9H2,1H3. The fourth-order valence-electron chi connectivity index (χ4n) is 2.20. The Balaban J connectivity index is 2.13. The van der Waals surface area contributed by atoms with Crippen LogP contribution < -0.4 is 10.1 Å². The second kappa shape index (κ2) is 6.45. The lowest BCUT2D eigenvalue weighted by atomic mass is 10.1. The molecule has 1 saturated heterocycles. The highest BCUT2D eigenvalue weighted by atomic mass is 19.4. The van der Waals surface area contributed by atoms with Crippen LogP contribution in [-0.2, 0) is 17.5 Å². The largest absolute Gasteiger partial charge is 0.490 e. The van der Waals surface area contributed by atoms with Gasteiger partial charge >= 0.3 is 6.18 Å². The highest BCUT2D eigenvalue weighted by molar-refractivity contribution is 5.39. The van der Waals surface area contributed by atoms with Crippen molar-refractivity contribution in [2.75, 3.05) is 20.3 Å². The van der Waals surface area contributed by atoms with Gasteiger partial charge in [-0.3, -0.25) is 0 Å². The minimum absolute atomic E-state index is 0.104. The lowest BCUT2D eigenvalue weighted by Gasteiger charge is -2.17. The van der Waals surface area contributed by atoms with Crippen molar-refractivity contribution in [1.82, 2.24) is 5.32 Å². The van der Waals surface area contributed by atoms with E-state index in [4.69, 9.17) is 9.47 Å². The molecule has 0 amide bonds. The van der Waals surface area contributed by atoms with E-state index in [1.54, 1.807) is 13.1 Å². The Kier molecular flexibility index (Phi) is 4.88. The third-order valence-electron chi connectivity index (χ3n) is 3.18. The average Bonchev–Trinajstić information content (AvgIpc) is 2.89. The summed E-state index contributed by atoms with van der Waals surface area (Å²) in [4.78, 5) is 0. The summed E-state index contributed by atoms with van der Waals surface area (Å²) in [5.74, 6) is -0.132. The molecule has 6 heteroatoms. The van der Waals surface area contributed by atoms with Crippen molar-refractivity contribution in [3.8, 4) is 5.75 Å². The molecule has 1 aliphatic heterocycles. The lowest BCUT2D eigenvalue weighted by molar-refractivity contribution is -0.139. The molecule has 0 saturated carbocycles. The number of rotatable bonds is 5. The van der Waals surface area contributed by atoms with Crippen LogP contribution in [0.25, 0.3) is 0 Å². The number of ether oxygens (including phenoxy) is 2. The van der Waals surface area contributed by atoms with Gasteiger partial charge in [-0.2, -0.15) is 13.2 Å². The summed E-state index contributed by atoms with van der Waals surface area (Å²) < 4.78 is 49.8. The molecule has 2 rings (SSSR count). The Labute approximate surface area is 116 Å². The lowest BCUT2D eigenvalue weighted by Crippen LogP contribution is -2.18. The van der Waals surface area contributed by atoms with Crippen molar-refractivity contribution in [2.24, 2.45) is 0 Å². The first-order valence-electron chi connectivity index (χ1n) is 6.60. The monoisotopic (exact) mass is 289 g/mol. The maximum atomic E-state index is 13.0. The molecule has 0 spiro atoms. The summed E-state index contributed by atoms with van der Waals surface area (Å²) >= 11 is 0. The second-order valence-electron chi connectivity index (χ2n) is 4.80. The van der Waals surface area contributed by atoms with Crippen LogP contribution in [0.2, 0.25) is 0 Å². The predicted octanol–water partition coefficient (Wildman–Crippen LogP) is 2.98. The molecule has 1 unspecified atom stereocenters. The molecule has 0 aliphatic carbocycles. The van der Waals surface area contributed by atoms with E-state index in [9.17, 15) is 13.2 Å². The molecule has 20 heavy (non-hydrogen) atoms. The van der Waals surface area contributed by atoms with Crippen molar-refractivity contribution in [3.05, 3.63) is 29.3 Å². The van der Waals surface area contributed by atoms with Crippen LogP contribution in [0.15, 0.2) is 18.2 Å². The van der Waals surface area contributed by atoms with E-state index in [1.807, 2.05) is 0 Å². The maximum absolute atomic E-state index is 13.0. The molecule has 3 nitrogen and oxygen atoms in total. The van der Waals surface area contributed by atoms with E-state index in [-0.39, 0.29) is 18.5 Å². The molecular weight excluding hydrogens is 271 g/mol. The quantitative estimate of drug-likeness (QED) is 0.904. The number of nitrogens with one attached hydrogen (secondary N) is 1. The van der Waals surface area contributed by atoms with E-state index in [0.717, 1.165) is 18.9 Å². The Morgan fingerprint density at radius 2 is 2.20 bits per heavy atom. The third kappa shape index (κ3) is 3.86. The highest BCUT2D eigenvalue weighted by Gasteiger charge is 2.35. The summed E-state index contributed by atoms with van der Waals surface area (Å²) in [6.45, 7) is 1.20. The molecule has 112 valence electrons. The van der Waals surface area contributed by atoms with Gasteiger partial charge in [0.2, 0.25) is 0 Å². The fourth-order valence-corrected chi connectivity index (χ4v) is 2.20. The smallest absolute Gasteiger partial charge is 0.419 e. The van der Waals surface area contributed by atoms with E-state index >= 15 is 0 Å². The molecule has 1 aromatic rings. The molecule has 1 fully saturated rings.